The van der Waals surface area contributed by atoms with Gasteiger partial charge in [0.25, 0.3) is 10.0 Å². The second kappa shape index (κ2) is 14.2. The summed E-state index contributed by atoms with van der Waals surface area (Å²) in [5, 5.41) is 3.20. The molecule has 0 saturated carbocycles. The maximum Gasteiger partial charge on any atom is 0.264 e. The minimum Gasteiger partial charge on any atom is -0.497 e. The molecule has 0 radical (unpaired) electrons. The van der Waals surface area contributed by atoms with E-state index in [1.54, 1.807) is 25.1 Å². The third kappa shape index (κ3) is 7.99. The summed E-state index contributed by atoms with van der Waals surface area (Å²) in [6, 6.07) is 19.0. The molecule has 0 aliphatic carbocycles. The number of ether oxygens (including phenoxy) is 1. The van der Waals surface area contributed by atoms with Crippen LogP contribution in [0.25, 0.3) is 0 Å². The number of halogens is 1. The number of carbonyl (C=O) groups excluding carboxylic acids is 2. The number of aryl methyl sites for hydroxylation is 1. The van der Waals surface area contributed by atoms with Crippen LogP contribution in [0.5, 0.6) is 5.75 Å². The molecule has 3 aromatic carbocycles. The molecule has 10 heteroatoms. The number of nitrogens with zero attached hydrogens (tertiary/aromatic N) is 2. The fourth-order valence-electron chi connectivity index (χ4n) is 4.04. The molecule has 1 atom stereocenters. The number of benzene rings is 3. The summed E-state index contributed by atoms with van der Waals surface area (Å²) in [6.45, 7) is 5.72. The zero-order valence-corrected chi connectivity index (χ0v) is 24.8. The van der Waals surface area contributed by atoms with Gasteiger partial charge in [-0.2, -0.15) is 0 Å². The molecular formula is C30H36ClN3O5S. The van der Waals surface area contributed by atoms with Crippen LogP contribution in [0, 0.1) is 6.92 Å². The molecule has 214 valence electrons. The predicted octanol–water partition coefficient (Wildman–Crippen LogP) is 5.19. The molecule has 8 nitrogen and oxygen atoms in total. The summed E-state index contributed by atoms with van der Waals surface area (Å²) in [7, 11) is -2.71. The quantitative estimate of drug-likeness (QED) is 0.279. The molecule has 3 aromatic rings. The van der Waals surface area contributed by atoms with Crippen LogP contribution < -0.4 is 14.4 Å². The van der Waals surface area contributed by atoms with E-state index in [4.69, 9.17) is 16.3 Å². The molecule has 0 unspecified atom stereocenters. The van der Waals surface area contributed by atoms with E-state index in [2.05, 4.69) is 5.32 Å². The number of sulfonamides is 1. The lowest BCUT2D eigenvalue weighted by Crippen LogP contribution is -2.51. The molecule has 0 bridgehead atoms. The zero-order chi connectivity index (χ0) is 29.3. The van der Waals surface area contributed by atoms with Crippen molar-refractivity contribution in [2.45, 2.75) is 51.1 Å². The number of nitrogens with one attached hydrogen (secondary N) is 1. The largest absolute Gasteiger partial charge is 0.497 e. The van der Waals surface area contributed by atoms with E-state index in [0.29, 0.717) is 17.3 Å². The number of hydrogen-bond acceptors (Lipinski definition) is 5. The maximum atomic E-state index is 13.9. The monoisotopic (exact) mass is 585 g/mol. The number of methoxy groups -OCH3 is 1. The standard InChI is InChI=1S/C30H36ClN3O5S/c1-5-6-18-32-30(36)23(3)33(20-24-12-10-22(2)11-13-24)29(35)21-34(26-9-7-8-25(31)19-26)40(37,38)28-16-14-27(39-4)15-17-28/h7-17,19,23H,5-6,18,20-21H2,1-4H3,(H,32,36)/t23-/m0/s1. The highest BCUT2D eigenvalue weighted by Crippen LogP contribution is 2.28. The molecule has 1 N–H and O–H groups in total. The molecule has 0 heterocycles. The Kier molecular flexibility index (Phi) is 11.0. The average Bonchev–Trinajstić information content (AvgIpc) is 2.95. The lowest BCUT2D eigenvalue weighted by Gasteiger charge is -2.32. The van der Waals surface area contributed by atoms with Crippen molar-refractivity contribution in [2.24, 2.45) is 0 Å². The van der Waals surface area contributed by atoms with Crippen LogP contribution in [0.3, 0.4) is 0 Å². The van der Waals surface area contributed by atoms with E-state index in [-0.39, 0.29) is 23.0 Å². The van der Waals surface area contributed by atoms with Crippen molar-refractivity contribution in [1.29, 1.82) is 0 Å². The van der Waals surface area contributed by atoms with Gasteiger partial charge in [0.2, 0.25) is 11.8 Å². The lowest BCUT2D eigenvalue weighted by atomic mass is 10.1. The summed E-state index contributed by atoms with van der Waals surface area (Å²) in [5.74, 6) is -0.339. The van der Waals surface area contributed by atoms with Crippen molar-refractivity contribution in [3.8, 4) is 5.75 Å². The summed E-state index contributed by atoms with van der Waals surface area (Å²) < 4.78 is 33.9. The molecule has 3 rings (SSSR count). The number of rotatable bonds is 13. The van der Waals surface area contributed by atoms with Gasteiger partial charge in [-0.15, -0.1) is 0 Å². The highest BCUT2D eigenvalue weighted by molar-refractivity contribution is 7.92. The highest BCUT2D eigenvalue weighted by Gasteiger charge is 2.32. The van der Waals surface area contributed by atoms with Crippen LogP contribution in [-0.2, 0) is 26.2 Å². The maximum absolute atomic E-state index is 13.9. The van der Waals surface area contributed by atoms with Gasteiger partial charge in [0.15, 0.2) is 0 Å². The van der Waals surface area contributed by atoms with Crippen molar-refractivity contribution in [3.05, 3.63) is 88.9 Å². The van der Waals surface area contributed by atoms with Gasteiger partial charge in [-0.25, -0.2) is 8.42 Å². The average molecular weight is 586 g/mol. The Morgan fingerprint density at radius 2 is 1.70 bits per heavy atom. The van der Waals surface area contributed by atoms with Crippen LogP contribution in [0.4, 0.5) is 5.69 Å². The highest BCUT2D eigenvalue weighted by atomic mass is 35.5. The molecule has 0 aromatic heterocycles. The van der Waals surface area contributed by atoms with Crippen molar-refractivity contribution in [2.75, 3.05) is 24.5 Å². The molecule has 0 fully saturated rings. The molecule has 40 heavy (non-hydrogen) atoms. The second-order valence-electron chi connectivity index (χ2n) is 9.49. The van der Waals surface area contributed by atoms with Crippen LogP contribution >= 0.6 is 11.6 Å². The third-order valence-corrected chi connectivity index (χ3v) is 8.52. The number of carbonyl (C=O) groups is 2. The van der Waals surface area contributed by atoms with Gasteiger partial charge in [-0.1, -0.05) is 60.8 Å². The summed E-state index contributed by atoms with van der Waals surface area (Å²) in [5.41, 5.74) is 2.11. The Bertz CT molecular complexity index is 1400. The van der Waals surface area contributed by atoms with Gasteiger partial charge in [-0.3, -0.25) is 13.9 Å². The van der Waals surface area contributed by atoms with Crippen molar-refractivity contribution < 1.29 is 22.7 Å². The van der Waals surface area contributed by atoms with E-state index in [9.17, 15) is 18.0 Å². The fraction of sp³-hybridized carbons (Fsp3) is 0.333. The lowest BCUT2D eigenvalue weighted by molar-refractivity contribution is -0.139. The molecule has 0 spiro atoms. The van der Waals surface area contributed by atoms with Gasteiger partial charge in [0.05, 0.1) is 17.7 Å². The minimum atomic E-state index is -4.20. The van der Waals surface area contributed by atoms with Gasteiger partial charge < -0.3 is 15.0 Å². The van der Waals surface area contributed by atoms with Crippen LogP contribution in [-0.4, -0.2) is 51.4 Å². The van der Waals surface area contributed by atoms with Crippen molar-refractivity contribution in [3.63, 3.8) is 0 Å². The van der Waals surface area contributed by atoms with Crippen molar-refractivity contribution in [1.82, 2.24) is 10.2 Å². The SMILES string of the molecule is CCCCNC(=O)[C@H](C)N(Cc1ccc(C)cc1)C(=O)CN(c1cccc(Cl)c1)S(=O)(=O)c1ccc(OC)cc1. The normalized spacial score (nSPS) is 11.9. The first-order valence-electron chi connectivity index (χ1n) is 13.1. The Labute approximate surface area is 241 Å². The third-order valence-electron chi connectivity index (χ3n) is 6.49. The zero-order valence-electron chi connectivity index (χ0n) is 23.3. The second-order valence-corrected chi connectivity index (χ2v) is 11.8. The van der Waals surface area contributed by atoms with Gasteiger partial charge in [-0.05, 0) is 68.3 Å². The van der Waals surface area contributed by atoms with E-state index < -0.39 is 28.5 Å². The number of amides is 2. The van der Waals surface area contributed by atoms with Crippen LogP contribution in [0.15, 0.2) is 77.7 Å². The van der Waals surface area contributed by atoms with Gasteiger partial charge >= 0.3 is 0 Å². The summed E-state index contributed by atoms with van der Waals surface area (Å²) in [6.07, 6.45) is 1.73. The first-order chi connectivity index (χ1) is 19.1. The minimum absolute atomic E-state index is 0.0171. The Hall–Kier alpha value is -3.56. The van der Waals surface area contributed by atoms with Gasteiger partial charge in [0.1, 0.15) is 18.3 Å². The van der Waals surface area contributed by atoms with Gasteiger partial charge in [0, 0.05) is 18.1 Å². The number of anilines is 1. The van der Waals surface area contributed by atoms with Crippen LogP contribution in [0.1, 0.15) is 37.8 Å². The first-order valence-corrected chi connectivity index (χ1v) is 14.9. The van der Waals surface area contributed by atoms with E-state index in [1.165, 1.54) is 42.3 Å². The molecule has 0 aliphatic rings. The number of hydrogen-bond donors (Lipinski definition) is 1. The topological polar surface area (TPSA) is 96.0 Å². The van der Waals surface area contributed by atoms with Crippen LogP contribution in [0.2, 0.25) is 5.02 Å². The molecule has 0 saturated heterocycles. The molecule has 2 amide bonds. The Balaban J connectivity index is 2.00. The Morgan fingerprint density at radius 1 is 1.02 bits per heavy atom. The Morgan fingerprint density at radius 3 is 2.30 bits per heavy atom. The number of unbranched alkanes of at least 4 members (excludes halogenated alkanes) is 1. The fourth-order valence-corrected chi connectivity index (χ4v) is 5.63. The van der Waals surface area contributed by atoms with E-state index in [0.717, 1.165) is 28.3 Å². The summed E-state index contributed by atoms with van der Waals surface area (Å²) in [4.78, 5) is 28.3. The molecular weight excluding hydrogens is 550 g/mol. The van der Waals surface area contributed by atoms with E-state index in [1.807, 2.05) is 38.1 Å². The smallest absolute Gasteiger partial charge is 0.264 e. The molecule has 0 aliphatic heterocycles. The van der Waals surface area contributed by atoms with Crippen molar-refractivity contribution >= 4 is 39.1 Å². The van der Waals surface area contributed by atoms with E-state index >= 15 is 0 Å². The summed E-state index contributed by atoms with van der Waals surface area (Å²) >= 11 is 6.21. The predicted molar refractivity (Wildman–Crippen MR) is 158 cm³/mol. The first kappa shape index (κ1) is 31.0.